The van der Waals surface area contributed by atoms with Crippen molar-refractivity contribution in [1.82, 2.24) is 0 Å². The first kappa shape index (κ1) is 20.3. The van der Waals surface area contributed by atoms with Crippen LogP contribution in [0.2, 0.25) is 0 Å². The molecule has 0 bridgehead atoms. The smallest absolute Gasteiger partial charge is 0.306 e. The van der Waals surface area contributed by atoms with Crippen molar-refractivity contribution in [1.29, 1.82) is 0 Å². The monoisotopic (exact) mass is 394 g/mol. The van der Waals surface area contributed by atoms with E-state index >= 15 is 0 Å². The highest BCUT2D eigenvalue weighted by Crippen LogP contribution is 2.43. The Hall–Kier alpha value is -3.41. The number of ether oxygens (including phenoxy) is 3. The summed E-state index contributed by atoms with van der Waals surface area (Å²) in [4.78, 5) is 37.4. The van der Waals surface area contributed by atoms with Gasteiger partial charge in [0, 0.05) is 12.0 Å². The Morgan fingerprint density at radius 3 is 2.21 bits per heavy atom. The lowest BCUT2D eigenvalue weighted by Gasteiger charge is -2.25. The summed E-state index contributed by atoms with van der Waals surface area (Å²) in [5.74, 6) is -0.668. The molecule has 2 aromatic carbocycles. The van der Waals surface area contributed by atoms with E-state index in [1.165, 1.54) is 26.4 Å². The first-order chi connectivity index (χ1) is 14.0. The van der Waals surface area contributed by atoms with E-state index in [0.717, 1.165) is 0 Å². The van der Waals surface area contributed by atoms with Crippen molar-refractivity contribution in [3.8, 4) is 11.5 Å². The van der Waals surface area contributed by atoms with Gasteiger partial charge in [0.1, 0.15) is 11.5 Å². The minimum Gasteiger partial charge on any atom is -0.496 e. The molecule has 1 unspecified atom stereocenters. The summed E-state index contributed by atoms with van der Waals surface area (Å²) in [5, 5.41) is 0. The summed E-state index contributed by atoms with van der Waals surface area (Å²) in [7, 11) is 2.83. The molecule has 0 saturated heterocycles. The van der Waals surface area contributed by atoms with Gasteiger partial charge in [0.25, 0.3) is 0 Å². The van der Waals surface area contributed by atoms with Gasteiger partial charge >= 0.3 is 5.97 Å². The molecule has 0 saturated carbocycles. The highest BCUT2D eigenvalue weighted by Gasteiger charge is 2.33. The molecule has 29 heavy (non-hydrogen) atoms. The topological polar surface area (TPSA) is 78.9 Å². The molecule has 150 valence electrons. The lowest BCUT2D eigenvalue weighted by atomic mass is 9.88. The molecule has 0 fully saturated rings. The van der Waals surface area contributed by atoms with Crippen molar-refractivity contribution >= 4 is 17.5 Å². The molecular weight excluding hydrogens is 372 g/mol. The van der Waals surface area contributed by atoms with Crippen molar-refractivity contribution in [2.75, 3.05) is 14.2 Å². The number of fused-ring (bicyclic) bond motifs is 1. The molecule has 0 spiro atoms. The maximum atomic E-state index is 12.6. The molecule has 6 nitrogen and oxygen atoms in total. The summed E-state index contributed by atoms with van der Waals surface area (Å²) in [6, 6.07) is 10.8. The van der Waals surface area contributed by atoms with E-state index in [1.54, 1.807) is 6.07 Å². The zero-order valence-corrected chi connectivity index (χ0v) is 16.6. The van der Waals surface area contributed by atoms with Crippen LogP contribution in [0.15, 0.2) is 48.6 Å². The first-order valence-electron chi connectivity index (χ1n) is 9.31. The van der Waals surface area contributed by atoms with Crippen LogP contribution in [-0.4, -0.2) is 31.8 Å². The van der Waals surface area contributed by atoms with Crippen LogP contribution in [-0.2, 0) is 9.53 Å². The molecule has 6 heteroatoms. The van der Waals surface area contributed by atoms with E-state index < -0.39 is 6.10 Å². The second-order valence-electron chi connectivity index (χ2n) is 6.54. The van der Waals surface area contributed by atoms with Gasteiger partial charge < -0.3 is 14.2 Å². The average Bonchev–Trinajstić information content (AvgIpc) is 2.74. The van der Waals surface area contributed by atoms with Crippen molar-refractivity contribution < 1.29 is 28.6 Å². The van der Waals surface area contributed by atoms with Gasteiger partial charge in [0.05, 0.1) is 25.3 Å². The number of hydrogen-bond acceptors (Lipinski definition) is 6. The molecule has 0 heterocycles. The number of benzene rings is 2. The molecule has 1 aliphatic rings. The molecule has 1 aliphatic carbocycles. The Bertz CT molecular complexity index is 975. The van der Waals surface area contributed by atoms with Gasteiger partial charge in [-0.05, 0) is 30.2 Å². The third-order valence-corrected chi connectivity index (χ3v) is 4.66. The molecule has 0 aromatic heterocycles. The van der Waals surface area contributed by atoms with Gasteiger partial charge in [-0.15, -0.1) is 0 Å². The van der Waals surface area contributed by atoms with Crippen LogP contribution < -0.4 is 9.47 Å². The number of rotatable bonds is 7. The summed E-state index contributed by atoms with van der Waals surface area (Å²) in [6.07, 6.45) is 2.49. The summed E-state index contributed by atoms with van der Waals surface area (Å²) < 4.78 is 16.7. The van der Waals surface area contributed by atoms with Gasteiger partial charge in [-0.1, -0.05) is 37.3 Å². The Morgan fingerprint density at radius 2 is 1.62 bits per heavy atom. The Kier molecular flexibility index (Phi) is 6.12. The van der Waals surface area contributed by atoms with E-state index in [1.807, 2.05) is 37.3 Å². The number of carbonyl (C=O) groups is 3. The number of esters is 1. The minimum atomic E-state index is -0.821. The second-order valence-corrected chi connectivity index (χ2v) is 6.54. The molecule has 0 N–H and O–H groups in total. The normalized spacial score (nSPS) is 13.6. The van der Waals surface area contributed by atoms with E-state index in [-0.39, 0.29) is 46.6 Å². The first-order valence-corrected chi connectivity index (χ1v) is 9.31. The molecule has 0 aliphatic heterocycles. The molecule has 0 radical (unpaired) electrons. The van der Waals surface area contributed by atoms with Crippen LogP contribution in [0.5, 0.6) is 11.5 Å². The Balaban J connectivity index is 2.25. The molecular formula is C23H22O6. The van der Waals surface area contributed by atoms with Gasteiger partial charge in [0.15, 0.2) is 17.7 Å². The van der Waals surface area contributed by atoms with Crippen molar-refractivity contribution in [3.63, 3.8) is 0 Å². The third kappa shape index (κ3) is 3.92. The summed E-state index contributed by atoms with van der Waals surface area (Å²) in [6.45, 7) is 1.89. The van der Waals surface area contributed by atoms with Crippen LogP contribution in [0.1, 0.15) is 57.7 Å². The molecule has 1 atom stereocenters. The predicted molar refractivity (Wildman–Crippen MR) is 107 cm³/mol. The highest BCUT2D eigenvalue weighted by atomic mass is 16.5. The Morgan fingerprint density at radius 1 is 0.966 bits per heavy atom. The average molecular weight is 394 g/mol. The van der Waals surface area contributed by atoms with Crippen molar-refractivity contribution in [3.05, 3.63) is 70.8 Å². The van der Waals surface area contributed by atoms with Gasteiger partial charge in [-0.2, -0.15) is 0 Å². The number of hydrogen-bond donors (Lipinski definition) is 0. The zero-order valence-electron chi connectivity index (χ0n) is 16.6. The molecule has 0 amide bonds. The molecule has 3 rings (SSSR count). The molecule has 2 aromatic rings. The predicted octanol–water partition coefficient (Wildman–Crippen LogP) is 4.07. The van der Waals surface area contributed by atoms with E-state index in [0.29, 0.717) is 17.5 Å². The number of allylic oxidation sites excluding steroid dienone is 2. The Labute approximate surface area is 169 Å². The van der Waals surface area contributed by atoms with Crippen LogP contribution in [0, 0.1) is 0 Å². The summed E-state index contributed by atoms with van der Waals surface area (Å²) in [5.41, 5.74) is 1.41. The minimum absolute atomic E-state index is 0.113. The van der Waals surface area contributed by atoms with E-state index in [2.05, 4.69) is 0 Å². The van der Waals surface area contributed by atoms with E-state index in [9.17, 15) is 14.4 Å². The van der Waals surface area contributed by atoms with Crippen LogP contribution >= 0.6 is 0 Å². The highest BCUT2D eigenvalue weighted by molar-refractivity contribution is 6.24. The number of ketones is 2. The van der Waals surface area contributed by atoms with Crippen molar-refractivity contribution in [2.24, 2.45) is 0 Å². The quantitative estimate of drug-likeness (QED) is 0.659. The van der Waals surface area contributed by atoms with E-state index in [4.69, 9.17) is 14.2 Å². The standard InChI is InChI=1S/C23H22O6/c1-4-8-19(26)29-22(14-9-6-5-7-10-14)15-13-18(27-2)20-16(24)11-12-17(25)21(20)23(15)28-3/h5-7,9-13,22H,4,8H2,1-3H3. The van der Waals surface area contributed by atoms with Crippen LogP contribution in [0.3, 0.4) is 0 Å². The lowest BCUT2D eigenvalue weighted by Crippen LogP contribution is -2.19. The SMILES string of the molecule is CCCC(=O)OC(c1ccccc1)c1cc(OC)c2c(c1OC)C(=O)C=CC2=O. The van der Waals surface area contributed by atoms with Gasteiger partial charge in [-0.3, -0.25) is 14.4 Å². The zero-order chi connectivity index (χ0) is 21.0. The fraction of sp³-hybridized carbons (Fsp3) is 0.261. The van der Waals surface area contributed by atoms with Gasteiger partial charge in [-0.25, -0.2) is 0 Å². The largest absolute Gasteiger partial charge is 0.496 e. The maximum Gasteiger partial charge on any atom is 0.306 e. The fourth-order valence-electron chi connectivity index (χ4n) is 3.37. The number of methoxy groups -OCH3 is 2. The van der Waals surface area contributed by atoms with Crippen LogP contribution in [0.4, 0.5) is 0 Å². The fourth-order valence-corrected chi connectivity index (χ4v) is 3.37. The van der Waals surface area contributed by atoms with Crippen LogP contribution in [0.25, 0.3) is 0 Å². The number of carbonyl (C=O) groups excluding carboxylic acids is 3. The van der Waals surface area contributed by atoms with Crippen molar-refractivity contribution in [2.45, 2.75) is 25.9 Å². The summed E-state index contributed by atoms with van der Waals surface area (Å²) >= 11 is 0. The third-order valence-electron chi connectivity index (χ3n) is 4.66. The van der Waals surface area contributed by atoms with Gasteiger partial charge in [0.2, 0.25) is 0 Å². The lowest BCUT2D eigenvalue weighted by molar-refractivity contribution is -0.147. The maximum absolute atomic E-state index is 12.6. The second kappa shape index (κ2) is 8.73.